The maximum atomic E-state index is 13.4. The number of carbonyl (C=O) groups is 1. The normalized spacial score (nSPS) is 22.8. The maximum Gasteiger partial charge on any atom is 0.220 e. The molecule has 0 saturated carbocycles. The largest absolute Gasteiger partial charge is 0.394 e. The highest BCUT2D eigenvalue weighted by molar-refractivity contribution is 5.76. The van der Waals surface area contributed by atoms with Gasteiger partial charge in [0.25, 0.3) is 0 Å². The fourth-order valence-corrected chi connectivity index (χ4v) is 12.6. The summed E-state index contributed by atoms with van der Waals surface area (Å²) in [5, 5.41) is 87.6. The molecule has 0 aromatic heterocycles. The Kier molecular flexibility index (Phi) is 59.4. The zero-order valence-corrected chi connectivity index (χ0v) is 60.0. The van der Waals surface area contributed by atoms with Crippen LogP contribution in [-0.4, -0.2) is 140 Å². The van der Waals surface area contributed by atoms with Gasteiger partial charge in [-0.3, -0.25) is 4.79 Å². The summed E-state index contributed by atoms with van der Waals surface area (Å²) in [7, 11) is 0. The fourth-order valence-electron chi connectivity index (χ4n) is 12.6. The van der Waals surface area contributed by atoms with Crippen LogP contribution in [0.3, 0.4) is 0 Å². The molecule has 14 heteroatoms. The number of ether oxygens (including phenoxy) is 4. The van der Waals surface area contributed by atoms with E-state index in [0.717, 1.165) is 64.2 Å². The molecule has 94 heavy (non-hydrogen) atoms. The SMILES string of the molecule is CCCCCCC/C=C\C/C=C\C/C=C\CCCCCCCCCCCCCCC(=O)NC(COC1OC(CO)C(OC2OC(CO)C(O)C(O)C2O)C(O)C1O)C(O)/C=C/CC/C=C/CC/C=C/CCCCCCCCCCCCCCCCCCCCCCCCC. The molecule has 0 aromatic carbocycles. The maximum absolute atomic E-state index is 13.4. The van der Waals surface area contributed by atoms with Crippen molar-refractivity contribution in [3.8, 4) is 0 Å². The average Bonchev–Trinajstić information content (AvgIpc) is 0.794. The molecule has 0 bridgehead atoms. The van der Waals surface area contributed by atoms with E-state index >= 15 is 0 Å². The highest BCUT2D eigenvalue weighted by Crippen LogP contribution is 2.30. The molecule has 2 aliphatic heterocycles. The topological polar surface area (TPSA) is 228 Å². The van der Waals surface area contributed by atoms with Crippen molar-refractivity contribution in [2.45, 2.75) is 408 Å². The summed E-state index contributed by atoms with van der Waals surface area (Å²) in [4.78, 5) is 13.4. The van der Waals surface area contributed by atoms with Crippen molar-refractivity contribution in [1.82, 2.24) is 5.32 Å². The third-order valence-corrected chi connectivity index (χ3v) is 18.8. The third-order valence-electron chi connectivity index (χ3n) is 18.8. The van der Waals surface area contributed by atoms with Crippen molar-refractivity contribution in [2.75, 3.05) is 19.8 Å². The summed E-state index contributed by atoms with van der Waals surface area (Å²) in [6.07, 6.45) is 71.2. The Bertz CT molecular complexity index is 1860. The van der Waals surface area contributed by atoms with Gasteiger partial charge in [0.2, 0.25) is 5.91 Å². The molecule has 2 rings (SSSR count). The van der Waals surface area contributed by atoms with E-state index in [0.29, 0.717) is 12.8 Å². The number of hydrogen-bond donors (Lipinski definition) is 9. The van der Waals surface area contributed by atoms with Crippen LogP contribution in [-0.2, 0) is 23.7 Å². The lowest BCUT2D eigenvalue weighted by Crippen LogP contribution is -2.65. The number of rotatable bonds is 65. The first-order valence-electron chi connectivity index (χ1n) is 39.2. The van der Waals surface area contributed by atoms with Gasteiger partial charge in [0.05, 0.1) is 32.0 Å². The zero-order valence-electron chi connectivity index (χ0n) is 60.0. The predicted molar refractivity (Wildman–Crippen MR) is 387 cm³/mol. The van der Waals surface area contributed by atoms with Gasteiger partial charge in [-0.25, -0.2) is 0 Å². The second-order valence-corrected chi connectivity index (χ2v) is 27.5. The Hall–Kier alpha value is -2.57. The van der Waals surface area contributed by atoms with Gasteiger partial charge in [0, 0.05) is 6.42 Å². The third kappa shape index (κ3) is 46.7. The quantitative estimate of drug-likeness (QED) is 0.0204. The van der Waals surface area contributed by atoms with E-state index in [2.05, 4.69) is 79.9 Å². The van der Waals surface area contributed by atoms with E-state index in [-0.39, 0.29) is 18.9 Å². The number of amides is 1. The second-order valence-electron chi connectivity index (χ2n) is 27.5. The molecule has 2 saturated heterocycles. The lowest BCUT2D eigenvalue weighted by atomic mass is 9.97. The Balaban J connectivity index is 1.66. The molecule has 2 aliphatic rings. The molecule has 1 amide bonds. The van der Waals surface area contributed by atoms with Crippen molar-refractivity contribution in [1.29, 1.82) is 0 Å². The molecule has 548 valence electrons. The molecule has 12 atom stereocenters. The Labute approximate surface area is 574 Å². The van der Waals surface area contributed by atoms with Crippen molar-refractivity contribution in [3.63, 3.8) is 0 Å². The molecule has 0 aromatic rings. The minimum Gasteiger partial charge on any atom is -0.394 e. The summed E-state index contributed by atoms with van der Waals surface area (Å²) in [6, 6.07) is -0.945. The molecule has 2 heterocycles. The van der Waals surface area contributed by atoms with Crippen LogP contribution in [0.15, 0.2) is 72.9 Å². The average molecular weight is 1330 g/mol. The first-order chi connectivity index (χ1) is 46.1. The van der Waals surface area contributed by atoms with E-state index in [1.54, 1.807) is 6.08 Å². The summed E-state index contributed by atoms with van der Waals surface area (Å²) in [5.41, 5.74) is 0. The van der Waals surface area contributed by atoms with E-state index in [1.165, 1.54) is 238 Å². The summed E-state index contributed by atoms with van der Waals surface area (Å²) < 4.78 is 22.9. The lowest BCUT2D eigenvalue weighted by Gasteiger charge is -2.46. The minimum absolute atomic E-state index is 0.254. The van der Waals surface area contributed by atoms with Gasteiger partial charge < -0.3 is 65.1 Å². The van der Waals surface area contributed by atoms with Crippen molar-refractivity contribution in [2.24, 2.45) is 0 Å². The summed E-state index contributed by atoms with van der Waals surface area (Å²) >= 11 is 0. The van der Waals surface area contributed by atoms with Gasteiger partial charge >= 0.3 is 0 Å². The number of unbranched alkanes of at least 4 members (excludes halogenated alkanes) is 42. The van der Waals surface area contributed by atoms with E-state index in [1.807, 2.05) is 6.08 Å². The van der Waals surface area contributed by atoms with Gasteiger partial charge in [-0.05, 0) is 83.5 Å². The van der Waals surface area contributed by atoms with Gasteiger partial charge in [-0.15, -0.1) is 0 Å². The molecule has 9 N–H and O–H groups in total. The lowest BCUT2D eigenvalue weighted by molar-refractivity contribution is -0.359. The Morgan fingerprint density at radius 2 is 0.713 bits per heavy atom. The van der Waals surface area contributed by atoms with Gasteiger partial charge in [-0.1, -0.05) is 318 Å². The van der Waals surface area contributed by atoms with Crippen LogP contribution >= 0.6 is 0 Å². The molecule has 0 spiro atoms. The van der Waals surface area contributed by atoms with Crippen LogP contribution < -0.4 is 5.32 Å². The standard InChI is InChI=1S/C80H145NO13/c1-3-5-7-9-11-13-15-17-19-21-23-25-27-29-31-32-33-34-35-36-38-39-41-43-45-47-49-51-53-55-57-59-61-63-69(84)68(67-91-79-77(90)75(88)78(71(66-83)93-79)94-80-76(89)74(87)73(86)70(65-82)92-80)81-72(85)64-62-60-58-56-54-52-50-48-46-44-42-40-37-30-28-26-24-22-20-18-16-14-12-10-8-6-4-2/h16,18,22,24,28,30,45,47,53,55,61,63,68-71,73-80,82-84,86-90H,3-15,17,19-21,23,25-27,29,31-44,46,48-52,54,56-60,62,64-67H2,1-2H3,(H,81,85)/b18-16-,24-22-,30-28-,47-45+,55-53+,63-61+. The smallest absolute Gasteiger partial charge is 0.220 e. The first kappa shape index (κ1) is 87.5. The first-order valence-corrected chi connectivity index (χ1v) is 39.2. The molecule has 0 aliphatic carbocycles. The number of allylic oxidation sites excluding steroid dienone is 11. The molecular formula is C80H145NO13. The fraction of sp³-hybridized carbons (Fsp3) is 0.838. The zero-order chi connectivity index (χ0) is 68.0. The van der Waals surface area contributed by atoms with Crippen molar-refractivity contribution >= 4 is 5.91 Å². The van der Waals surface area contributed by atoms with Gasteiger partial charge in [0.1, 0.15) is 48.8 Å². The number of aliphatic hydroxyl groups is 8. The Morgan fingerprint density at radius 3 is 1.12 bits per heavy atom. The molecule has 0 radical (unpaired) electrons. The van der Waals surface area contributed by atoms with Crippen LogP contribution in [0, 0.1) is 0 Å². The van der Waals surface area contributed by atoms with E-state index in [9.17, 15) is 45.6 Å². The van der Waals surface area contributed by atoms with Crippen molar-refractivity contribution in [3.05, 3.63) is 72.9 Å². The molecule has 2 fully saturated rings. The Morgan fingerprint density at radius 1 is 0.383 bits per heavy atom. The molecular weight excluding hydrogens is 1180 g/mol. The highest BCUT2D eigenvalue weighted by Gasteiger charge is 2.51. The monoisotopic (exact) mass is 1330 g/mol. The second kappa shape index (κ2) is 63.8. The predicted octanol–water partition coefficient (Wildman–Crippen LogP) is 17.4. The van der Waals surface area contributed by atoms with E-state index < -0.39 is 86.8 Å². The van der Waals surface area contributed by atoms with Crippen LogP contribution in [0.4, 0.5) is 0 Å². The number of aliphatic hydroxyl groups excluding tert-OH is 8. The van der Waals surface area contributed by atoms with Gasteiger partial charge in [-0.2, -0.15) is 0 Å². The van der Waals surface area contributed by atoms with Crippen LogP contribution in [0.2, 0.25) is 0 Å². The van der Waals surface area contributed by atoms with Crippen LogP contribution in [0.5, 0.6) is 0 Å². The van der Waals surface area contributed by atoms with Crippen LogP contribution in [0.1, 0.15) is 335 Å². The van der Waals surface area contributed by atoms with Crippen LogP contribution in [0.25, 0.3) is 0 Å². The number of hydrogen-bond acceptors (Lipinski definition) is 13. The van der Waals surface area contributed by atoms with Gasteiger partial charge in [0.15, 0.2) is 12.6 Å². The summed E-state index contributed by atoms with van der Waals surface area (Å²) in [6.45, 7) is 2.80. The number of carbonyl (C=O) groups excluding carboxylic acids is 1. The minimum atomic E-state index is -1.80. The summed E-state index contributed by atoms with van der Waals surface area (Å²) in [5.74, 6) is -0.254. The molecule has 12 unspecified atom stereocenters. The van der Waals surface area contributed by atoms with Crippen molar-refractivity contribution < 1.29 is 64.6 Å². The highest BCUT2D eigenvalue weighted by atomic mass is 16.7. The molecule has 14 nitrogen and oxygen atoms in total. The van der Waals surface area contributed by atoms with E-state index in [4.69, 9.17) is 18.9 Å². The number of nitrogens with one attached hydrogen (secondary N) is 1.